The van der Waals surface area contributed by atoms with Crippen LogP contribution in [0.5, 0.6) is 5.75 Å². The highest BCUT2D eigenvalue weighted by molar-refractivity contribution is 8.00. The molecule has 0 bridgehead atoms. The smallest absolute Gasteiger partial charge is 0.275 e. The lowest BCUT2D eigenvalue weighted by Crippen LogP contribution is -2.49. The molecule has 33 heavy (non-hydrogen) atoms. The van der Waals surface area contributed by atoms with Gasteiger partial charge >= 0.3 is 0 Å². The lowest BCUT2D eigenvalue weighted by atomic mass is 10.2. The minimum atomic E-state index is -0.161. The van der Waals surface area contributed by atoms with Crippen LogP contribution < -0.4 is 14.5 Å². The number of nitrogens with zero attached hydrogens (tertiary/aromatic N) is 4. The summed E-state index contributed by atoms with van der Waals surface area (Å²) in [4.78, 5) is 36.6. The van der Waals surface area contributed by atoms with Crippen molar-refractivity contribution in [3.63, 3.8) is 0 Å². The number of aromatic nitrogens is 1. The lowest BCUT2D eigenvalue weighted by molar-refractivity contribution is -0.116. The van der Waals surface area contributed by atoms with Gasteiger partial charge in [0.05, 0.1) is 24.2 Å². The van der Waals surface area contributed by atoms with Crippen LogP contribution in [0.15, 0.2) is 64.1 Å². The topological polar surface area (TPSA) is 79.1 Å². The van der Waals surface area contributed by atoms with Crippen molar-refractivity contribution in [2.45, 2.75) is 11.4 Å². The maximum Gasteiger partial charge on any atom is 0.275 e. The number of hydrogen-bond donors (Lipinski definition) is 0. The summed E-state index contributed by atoms with van der Waals surface area (Å²) in [6, 6.07) is 15.7. The fourth-order valence-corrected chi connectivity index (χ4v) is 5.08. The van der Waals surface area contributed by atoms with E-state index < -0.39 is 0 Å². The zero-order valence-electron chi connectivity index (χ0n) is 18.3. The standard InChI is InChI=1S/C24H24N4O4S/c1-31-20-8-4-2-6-18(20)26-10-12-27(13-11-26)24(30)17-15-32-22(25-17)14-28-19-7-3-5-9-21(19)33-16-23(28)29/h2-9,15H,10-14,16H2,1H3. The lowest BCUT2D eigenvalue weighted by Gasteiger charge is -2.36. The highest BCUT2D eigenvalue weighted by atomic mass is 32.2. The fraction of sp³-hybridized carbons (Fsp3) is 0.292. The van der Waals surface area contributed by atoms with Gasteiger partial charge < -0.3 is 23.9 Å². The van der Waals surface area contributed by atoms with Gasteiger partial charge in [-0.1, -0.05) is 24.3 Å². The third kappa shape index (κ3) is 4.28. The predicted octanol–water partition coefficient (Wildman–Crippen LogP) is 3.28. The molecule has 2 aromatic carbocycles. The van der Waals surface area contributed by atoms with Crippen LogP contribution in [0.2, 0.25) is 0 Å². The first-order valence-corrected chi connectivity index (χ1v) is 11.8. The second kappa shape index (κ2) is 9.19. The van der Waals surface area contributed by atoms with E-state index in [2.05, 4.69) is 9.88 Å². The Hall–Kier alpha value is -3.46. The minimum Gasteiger partial charge on any atom is -0.495 e. The van der Waals surface area contributed by atoms with Gasteiger partial charge in [-0.15, -0.1) is 11.8 Å². The second-order valence-electron chi connectivity index (χ2n) is 7.81. The Morgan fingerprint density at radius 2 is 1.79 bits per heavy atom. The fourth-order valence-electron chi connectivity index (χ4n) is 4.15. The Morgan fingerprint density at radius 3 is 2.58 bits per heavy atom. The molecule has 170 valence electrons. The van der Waals surface area contributed by atoms with Gasteiger partial charge in [0.1, 0.15) is 18.6 Å². The summed E-state index contributed by atoms with van der Waals surface area (Å²) in [5.41, 5.74) is 2.14. The molecule has 0 N–H and O–H groups in total. The van der Waals surface area contributed by atoms with Gasteiger partial charge in [0, 0.05) is 31.1 Å². The van der Waals surface area contributed by atoms with Crippen LogP contribution in [0.3, 0.4) is 0 Å². The molecule has 0 radical (unpaired) electrons. The number of piperazine rings is 1. The molecule has 2 aliphatic rings. The molecule has 2 aliphatic heterocycles. The molecule has 0 aliphatic carbocycles. The van der Waals surface area contributed by atoms with Gasteiger partial charge in [-0.2, -0.15) is 0 Å². The zero-order valence-corrected chi connectivity index (χ0v) is 19.1. The van der Waals surface area contributed by atoms with Gasteiger partial charge in [0.2, 0.25) is 11.8 Å². The number of thioether (sulfide) groups is 1. The number of para-hydroxylation sites is 3. The van der Waals surface area contributed by atoms with Crippen LogP contribution >= 0.6 is 11.8 Å². The normalized spacial score (nSPS) is 16.0. The molecule has 0 saturated carbocycles. The summed E-state index contributed by atoms with van der Waals surface area (Å²) >= 11 is 1.53. The first-order valence-electron chi connectivity index (χ1n) is 10.8. The Kier molecular flexibility index (Phi) is 5.95. The summed E-state index contributed by atoms with van der Waals surface area (Å²) in [5, 5.41) is 0. The summed E-state index contributed by atoms with van der Waals surface area (Å²) in [7, 11) is 1.66. The molecule has 0 unspecified atom stereocenters. The van der Waals surface area contributed by atoms with Crippen LogP contribution in [0, 0.1) is 0 Å². The highest BCUT2D eigenvalue weighted by Crippen LogP contribution is 2.35. The Morgan fingerprint density at radius 1 is 1.06 bits per heavy atom. The summed E-state index contributed by atoms with van der Waals surface area (Å²) in [6.45, 7) is 2.76. The van der Waals surface area contributed by atoms with Crippen molar-refractivity contribution in [3.05, 3.63) is 66.4 Å². The van der Waals surface area contributed by atoms with Gasteiger partial charge in [-0.25, -0.2) is 4.98 Å². The first-order chi connectivity index (χ1) is 16.1. The van der Waals surface area contributed by atoms with E-state index in [1.54, 1.807) is 16.9 Å². The van der Waals surface area contributed by atoms with E-state index in [-0.39, 0.29) is 24.1 Å². The summed E-state index contributed by atoms with van der Waals surface area (Å²) in [6.07, 6.45) is 1.39. The number of carbonyl (C=O) groups excluding carboxylic acids is 2. The summed E-state index contributed by atoms with van der Waals surface area (Å²) < 4.78 is 11.0. The molecule has 2 amide bonds. The van der Waals surface area contributed by atoms with Crippen molar-refractivity contribution in [2.24, 2.45) is 0 Å². The molecule has 0 spiro atoms. The number of benzene rings is 2. The van der Waals surface area contributed by atoms with Crippen molar-refractivity contribution in [1.82, 2.24) is 9.88 Å². The Bertz CT molecular complexity index is 1170. The van der Waals surface area contributed by atoms with Crippen LogP contribution in [0.4, 0.5) is 11.4 Å². The predicted molar refractivity (Wildman–Crippen MR) is 126 cm³/mol. The third-order valence-electron chi connectivity index (χ3n) is 5.87. The molecule has 8 nitrogen and oxygen atoms in total. The van der Waals surface area contributed by atoms with Gasteiger partial charge in [-0.05, 0) is 24.3 Å². The quantitative estimate of drug-likeness (QED) is 0.573. The molecule has 1 aromatic heterocycles. The zero-order chi connectivity index (χ0) is 22.8. The molecular weight excluding hydrogens is 440 g/mol. The molecule has 1 fully saturated rings. The number of ether oxygens (including phenoxy) is 1. The van der Waals surface area contributed by atoms with Crippen LogP contribution in [-0.4, -0.2) is 60.7 Å². The van der Waals surface area contributed by atoms with E-state index in [0.717, 1.165) is 22.0 Å². The molecule has 9 heteroatoms. The SMILES string of the molecule is COc1ccccc1N1CCN(C(=O)c2coc(CN3C(=O)CSc4ccccc43)n2)CC1. The second-order valence-corrected chi connectivity index (χ2v) is 8.83. The number of rotatable bonds is 5. The van der Waals surface area contributed by atoms with Crippen molar-refractivity contribution in [3.8, 4) is 5.75 Å². The number of fused-ring (bicyclic) bond motifs is 1. The van der Waals surface area contributed by atoms with E-state index >= 15 is 0 Å². The molecule has 3 aromatic rings. The first kappa shape index (κ1) is 21.4. The highest BCUT2D eigenvalue weighted by Gasteiger charge is 2.28. The Labute approximate surface area is 196 Å². The monoisotopic (exact) mass is 464 g/mol. The largest absolute Gasteiger partial charge is 0.495 e. The number of methoxy groups -OCH3 is 1. The number of carbonyl (C=O) groups is 2. The van der Waals surface area contributed by atoms with E-state index in [0.29, 0.717) is 37.8 Å². The van der Waals surface area contributed by atoms with Crippen LogP contribution in [0.1, 0.15) is 16.4 Å². The van der Waals surface area contributed by atoms with Crippen molar-refractivity contribution in [1.29, 1.82) is 0 Å². The van der Waals surface area contributed by atoms with E-state index in [9.17, 15) is 9.59 Å². The molecule has 0 atom stereocenters. The maximum atomic E-state index is 13.0. The molecule has 3 heterocycles. The van der Waals surface area contributed by atoms with Crippen molar-refractivity contribution >= 4 is 35.0 Å². The van der Waals surface area contributed by atoms with Crippen LogP contribution in [-0.2, 0) is 11.3 Å². The minimum absolute atomic E-state index is 0.00256. The van der Waals surface area contributed by atoms with Gasteiger partial charge in [-0.3, -0.25) is 9.59 Å². The summed E-state index contributed by atoms with van der Waals surface area (Å²) in [5.74, 6) is 1.38. The average molecular weight is 465 g/mol. The van der Waals surface area contributed by atoms with E-state index in [1.165, 1.54) is 18.0 Å². The Balaban J connectivity index is 1.24. The third-order valence-corrected chi connectivity index (χ3v) is 6.91. The number of anilines is 2. The van der Waals surface area contributed by atoms with Crippen LogP contribution in [0.25, 0.3) is 0 Å². The molecular formula is C24H24N4O4S. The van der Waals surface area contributed by atoms with E-state index in [1.807, 2.05) is 48.5 Å². The average Bonchev–Trinajstić information content (AvgIpc) is 3.34. The maximum absolute atomic E-state index is 13.0. The van der Waals surface area contributed by atoms with Gasteiger partial charge in [0.15, 0.2) is 5.69 Å². The molecule has 5 rings (SSSR count). The molecule has 1 saturated heterocycles. The van der Waals surface area contributed by atoms with Crippen molar-refractivity contribution in [2.75, 3.05) is 48.8 Å². The number of hydrogen-bond acceptors (Lipinski definition) is 7. The van der Waals surface area contributed by atoms with Gasteiger partial charge in [0.25, 0.3) is 5.91 Å². The number of oxazole rings is 1. The number of amides is 2. The van der Waals surface area contributed by atoms with E-state index in [4.69, 9.17) is 9.15 Å². The van der Waals surface area contributed by atoms with Crippen molar-refractivity contribution < 1.29 is 18.7 Å².